The van der Waals surface area contributed by atoms with Crippen LogP contribution in [-0.4, -0.2) is 6.85 Å². The van der Waals surface area contributed by atoms with E-state index in [-0.39, 0.29) is 12.3 Å². The Hall–Kier alpha value is -5.80. The van der Waals surface area contributed by atoms with Crippen molar-refractivity contribution in [2.75, 3.05) is 9.71 Å². The molecule has 0 atom stereocenters. The van der Waals surface area contributed by atoms with Gasteiger partial charge in [-0.2, -0.15) is 0 Å². The fourth-order valence-electron chi connectivity index (χ4n) is 8.81. The summed E-state index contributed by atoms with van der Waals surface area (Å²) in [5, 5.41) is 0. The van der Waals surface area contributed by atoms with Gasteiger partial charge in [-0.25, -0.2) is 0 Å². The lowest BCUT2D eigenvalue weighted by molar-refractivity contribution is 0.632. The molecule has 0 fully saturated rings. The Bertz CT molecular complexity index is 2450. The molecular weight excluding hydrogens is 591 g/mol. The van der Waals surface area contributed by atoms with Gasteiger partial charge in [0.2, 0.25) is 0 Å². The summed E-state index contributed by atoms with van der Waals surface area (Å²) in [6.45, 7) is 7.03. The molecule has 3 heterocycles. The van der Waals surface area contributed by atoms with Gasteiger partial charge in [-0.1, -0.05) is 135 Å². The molecule has 2 nitrogen and oxygen atoms in total. The van der Waals surface area contributed by atoms with Gasteiger partial charge < -0.3 is 9.71 Å². The number of hydrogen-bond acceptors (Lipinski definition) is 2. The van der Waals surface area contributed by atoms with Gasteiger partial charge in [-0.05, 0) is 98.8 Å². The van der Waals surface area contributed by atoms with E-state index in [0.717, 1.165) is 0 Å². The lowest BCUT2D eigenvalue weighted by Crippen LogP contribution is -2.62. The lowest BCUT2D eigenvalue weighted by Gasteiger charge is -2.50. The van der Waals surface area contributed by atoms with Crippen LogP contribution in [0.25, 0.3) is 33.4 Å². The average molecular weight is 627 g/mol. The molecule has 0 saturated heterocycles. The smallest absolute Gasteiger partial charge is 0.333 e. The molecule has 3 heteroatoms. The summed E-state index contributed by atoms with van der Waals surface area (Å²) in [5.74, 6) is 0. The number of para-hydroxylation sites is 2. The number of fused-ring (bicyclic) bond motifs is 6. The highest BCUT2D eigenvalue weighted by Crippen LogP contribution is 2.55. The van der Waals surface area contributed by atoms with Gasteiger partial charge in [-0.3, -0.25) is 0 Å². The number of rotatable bonds is 3. The molecule has 7 aromatic rings. The highest BCUT2D eigenvalue weighted by molar-refractivity contribution is 6.93. The SMILES string of the molecule is Cc1cc2c3c(c1)N1c4ccccc4C(C)(C)c4cccc(c41)B3N(c1cccc(-c3ccccc3)c1)c1ccc(-c3ccccc3)cc1-2. The number of benzene rings is 7. The van der Waals surface area contributed by atoms with Crippen LogP contribution < -0.4 is 20.6 Å². The molecule has 232 valence electrons. The van der Waals surface area contributed by atoms with Crippen molar-refractivity contribution in [2.24, 2.45) is 0 Å². The van der Waals surface area contributed by atoms with Crippen molar-refractivity contribution in [3.8, 4) is 33.4 Å². The summed E-state index contributed by atoms with van der Waals surface area (Å²) >= 11 is 0. The monoisotopic (exact) mass is 626 g/mol. The minimum absolute atomic E-state index is 0.000962. The summed E-state index contributed by atoms with van der Waals surface area (Å²) in [4.78, 5) is 5.20. The molecule has 3 aliphatic rings. The van der Waals surface area contributed by atoms with Crippen LogP contribution in [0.15, 0.2) is 158 Å². The van der Waals surface area contributed by atoms with E-state index in [9.17, 15) is 0 Å². The van der Waals surface area contributed by atoms with Gasteiger partial charge >= 0.3 is 6.85 Å². The van der Waals surface area contributed by atoms with E-state index in [1.165, 1.54) is 89.4 Å². The number of aryl methyl sites for hydroxylation is 1. The first-order chi connectivity index (χ1) is 24.0. The molecular formula is C46H35BN2. The van der Waals surface area contributed by atoms with E-state index >= 15 is 0 Å². The largest absolute Gasteiger partial charge is 0.376 e. The maximum Gasteiger partial charge on any atom is 0.333 e. The van der Waals surface area contributed by atoms with E-state index < -0.39 is 0 Å². The maximum absolute atomic E-state index is 2.62. The zero-order chi connectivity index (χ0) is 32.9. The Morgan fingerprint density at radius 1 is 0.490 bits per heavy atom. The van der Waals surface area contributed by atoms with E-state index in [4.69, 9.17) is 0 Å². The molecule has 0 spiro atoms. The fraction of sp³-hybridized carbons (Fsp3) is 0.0870. The second-order valence-corrected chi connectivity index (χ2v) is 14.3. The van der Waals surface area contributed by atoms with Crippen LogP contribution in [0.5, 0.6) is 0 Å². The van der Waals surface area contributed by atoms with Gasteiger partial charge in [-0.15, -0.1) is 0 Å². The first kappa shape index (κ1) is 28.2. The third kappa shape index (κ3) is 4.02. The quantitative estimate of drug-likeness (QED) is 0.180. The Morgan fingerprint density at radius 3 is 1.92 bits per heavy atom. The van der Waals surface area contributed by atoms with E-state index in [0.29, 0.717) is 0 Å². The van der Waals surface area contributed by atoms with Crippen LogP contribution in [-0.2, 0) is 5.41 Å². The van der Waals surface area contributed by atoms with E-state index in [1.807, 2.05) is 0 Å². The van der Waals surface area contributed by atoms with Crippen molar-refractivity contribution >= 4 is 46.2 Å². The third-order valence-electron chi connectivity index (χ3n) is 11.0. The zero-order valence-corrected chi connectivity index (χ0v) is 28.0. The Kier molecular flexibility index (Phi) is 5.96. The van der Waals surface area contributed by atoms with Crippen LogP contribution in [0, 0.1) is 6.92 Å². The summed E-state index contributed by atoms with van der Waals surface area (Å²) in [6.07, 6.45) is 0. The van der Waals surface area contributed by atoms with E-state index in [2.05, 4.69) is 188 Å². The first-order valence-corrected chi connectivity index (χ1v) is 17.3. The molecule has 0 amide bonds. The first-order valence-electron chi connectivity index (χ1n) is 17.3. The fourth-order valence-corrected chi connectivity index (χ4v) is 8.81. The van der Waals surface area contributed by atoms with Crippen molar-refractivity contribution in [1.82, 2.24) is 0 Å². The van der Waals surface area contributed by atoms with Crippen molar-refractivity contribution in [2.45, 2.75) is 26.2 Å². The van der Waals surface area contributed by atoms with Crippen LogP contribution in [0.1, 0.15) is 30.5 Å². The molecule has 3 aliphatic heterocycles. The molecule has 0 aromatic heterocycles. The van der Waals surface area contributed by atoms with Crippen LogP contribution in [0.4, 0.5) is 28.4 Å². The van der Waals surface area contributed by atoms with Crippen LogP contribution in [0.3, 0.4) is 0 Å². The maximum atomic E-state index is 2.62. The number of nitrogens with zero attached hydrogens (tertiary/aromatic N) is 2. The van der Waals surface area contributed by atoms with Crippen molar-refractivity contribution in [3.05, 3.63) is 174 Å². The van der Waals surface area contributed by atoms with Crippen molar-refractivity contribution in [3.63, 3.8) is 0 Å². The normalized spacial score (nSPS) is 14.5. The van der Waals surface area contributed by atoms with Crippen LogP contribution >= 0.6 is 0 Å². The van der Waals surface area contributed by atoms with E-state index in [1.54, 1.807) is 0 Å². The molecule has 0 aliphatic carbocycles. The Balaban J connectivity index is 1.31. The van der Waals surface area contributed by atoms with Gasteiger partial charge in [0.1, 0.15) is 0 Å². The zero-order valence-electron chi connectivity index (χ0n) is 28.0. The average Bonchev–Trinajstić information content (AvgIpc) is 3.15. The molecule has 7 aromatic carbocycles. The minimum atomic E-state index is -0.141. The van der Waals surface area contributed by atoms with Gasteiger partial charge in [0.05, 0.1) is 5.69 Å². The summed E-state index contributed by atoms with van der Waals surface area (Å²) in [6, 6.07) is 58.6. The Morgan fingerprint density at radius 2 is 1.14 bits per heavy atom. The Labute approximate surface area is 289 Å². The topological polar surface area (TPSA) is 6.48 Å². The summed E-state index contributed by atoms with van der Waals surface area (Å²) in [7, 11) is 0. The lowest BCUT2D eigenvalue weighted by atomic mass is 9.42. The molecule has 0 bridgehead atoms. The molecule has 0 saturated carbocycles. The highest BCUT2D eigenvalue weighted by atomic mass is 15.2. The molecule has 10 rings (SSSR count). The minimum Gasteiger partial charge on any atom is -0.376 e. The predicted octanol–water partition coefficient (Wildman–Crippen LogP) is 10.7. The van der Waals surface area contributed by atoms with Gasteiger partial charge in [0.25, 0.3) is 0 Å². The summed E-state index contributed by atoms with van der Waals surface area (Å²) in [5.41, 5.74) is 20.4. The molecule has 0 N–H and O–H groups in total. The molecule has 49 heavy (non-hydrogen) atoms. The molecule has 0 radical (unpaired) electrons. The highest BCUT2D eigenvalue weighted by Gasteiger charge is 2.49. The standard InChI is InChI=1S/C46H35BN2/c1-30-26-37-36-29-34(32-16-8-5-9-17-32)24-25-41(36)49(35-19-12-18-33(28-35)31-14-6-4-7-15-31)47-40-22-13-21-39-45(40)48(43(27-30)44(37)47)42-23-11-10-20-38(42)46(39,2)3/h4-29H,1-3H3. The van der Waals surface area contributed by atoms with Gasteiger partial charge in [0, 0.05) is 33.7 Å². The number of anilines is 5. The predicted molar refractivity (Wildman–Crippen MR) is 208 cm³/mol. The summed E-state index contributed by atoms with van der Waals surface area (Å²) < 4.78 is 0. The van der Waals surface area contributed by atoms with Crippen molar-refractivity contribution < 1.29 is 0 Å². The molecule has 0 unspecified atom stereocenters. The van der Waals surface area contributed by atoms with Gasteiger partial charge in [0.15, 0.2) is 0 Å². The third-order valence-corrected chi connectivity index (χ3v) is 11.0. The second-order valence-electron chi connectivity index (χ2n) is 14.3. The number of hydrogen-bond donors (Lipinski definition) is 0. The second kappa shape index (κ2) is 10.4. The van der Waals surface area contributed by atoms with Crippen LogP contribution in [0.2, 0.25) is 0 Å². The van der Waals surface area contributed by atoms with Crippen molar-refractivity contribution in [1.29, 1.82) is 0 Å².